The van der Waals surface area contributed by atoms with Crippen LogP contribution in [0.15, 0.2) is 36.5 Å². The number of fused-ring (bicyclic) bond motifs is 1. The third-order valence-corrected chi connectivity index (χ3v) is 3.31. The summed E-state index contributed by atoms with van der Waals surface area (Å²) >= 11 is 0. The lowest BCUT2D eigenvalue weighted by molar-refractivity contribution is -0.114. The number of aromatic nitrogens is 3. The fourth-order valence-corrected chi connectivity index (χ4v) is 2.33. The summed E-state index contributed by atoms with van der Waals surface area (Å²) in [4.78, 5) is 15.9. The third-order valence-electron chi connectivity index (χ3n) is 3.31. The first-order valence-corrected chi connectivity index (χ1v) is 6.72. The van der Waals surface area contributed by atoms with E-state index in [-0.39, 0.29) is 5.91 Å². The molecule has 0 bridgehead atoms. The Morgan fingerprint density at radius 1 is 1.36 bits per heavy atom. The number of anilines is 1. The maximum atomic E-state index is 11.4. The predicted molar refractivity (Wildman–Crippen MR) is 82.6 cm³/mol. The molecule has 1 aromatic carbocycles. The number of carbonyl (C=O) groups excluding carboxylic acids is 1. The third kappa shape index (κ3) is 2.29. The molecule has 3 rings (SSSR count). The van der Waals surface area contributed by atoms with Crippen molar-refractivity contribution in [2.75, 3.05) is 5.32 Å². The molecule has 6 nitrogen and oxygen atoms in total. The van der Waals surface area contributed by atoms with Crippen molar-refractivity contribution in [2.45, 2.75) is 13.8 Å². The summed E-state index contributed by atoms with van der Waals surface area (Å²) in [6, 6.07) is 11.7. The zero-order chi connectivity index (χ0) is 15.7. The molecule has 0 saturated carbocycles. The molecule has 1 amide bonds. The van der Waals surface area contributed by atoms with E-state index >= 15 is 0 Å². The molecule has 2 heterocycles. The molecule has 2 aromatic heterocycles. The van der Waals surface area contributed by atoms with Crippen LogP contribution in [0.5, 0.6) is 0 Å². The number of carbonyl (C=O) groups is 1. The Bertz CT molecular complexity index is 920. The summed E-state index contributed by atoms with van der Waals surface area (Å²) in [5.41, 5.74) is 2.17. The molecule has 1 N–H and O–H groups in total. The second kappa shape index (κ2) is 5.30. The van der Waals surface area contributed by atoms with Crippen molar-refractivity contribution >= 4 is 22.6 Å². The molecule has 0 atom stereocenters. The van der Waals surface area contributed by atoms with Crippen LogP contribution in [0.2, 0.25) is 0 Å². The monoisotopic (exact) mass is 291 g/mol. The first-order valence-electron chi connectivity index (χ1n) is 6.72. The van der Waals surface area contributed by atoms with Gasteiger partial charge in [-0.05, 0) is 24.6 Å². The number of pyridine rings is 1. The van der Waals surface area contributed by atoms with Crippen molar-refractivity contribution in [1.82, 2.24) is 14.8 Å². The van der Waals surface area contributed by atoms with Crippen molar-refractivity contribution in [2.24, 2.45) is 0 Å². The smallest absolute Gasteiger partial charge is 0.222 e. The molecule has 0 unspecified atom stereocenters. The largest absolute Gasteiger partial charge is 0.310 e. The van der Waals surface area contributed by atoms with Gasteiger partial charge in [0.2, 0.25) is 5.91 Å². The van der Waals surface area contributed by atoms with Gasteiger partial charge < -0.3 is 5.32 Å². The molecule has 0 saturated heterocycles. The van der Waals surface area contributed by atoms with Crippen molar-refractivity contribution < 1.29 is 4.79 Å². The number of hydrogen-bond acceptors (Lipinski definition) is 4. The minimum absolute atomic E-state index is 0.268. The SMILES string of the molecule is CC(=O)Nc1c(C#N)cnn1-c1cc(C)c2ccccc2n1. The first kappa shape index (κ1) is 13.8. The summed E-state index contributed by atoms with van der Waals surface area (Å²) in [6.07, 6.45) is 1.41. The minimum atomic E-state index is -0.268. The number of benzene rings is 1. The van der Waals surface area contributed by atoms with Crippen LogP contribution in [0.25, 0.3) is 16.7 Å². The molecule has 0 spiro atoms. The average molecular weight is 291 g/mol. The van der Waals surface area contributed by atoms with E-state index in [1.54, 1.807) is 0 Å². The first-order chi connectivity index (χ1) is 10.6. The van der Waals surface area contributed by atoms with E-state index in [1.165, 1.54) is 17.8 Å². The number of nitrogens with one attached hydrogen (secondary N) is 1. The molecule has 0 aliphatic carbocycles. The van der Waals surface area contributed by atoms with Crippen LogP contribution in [0, 0.1) is 18.3 Å². The van der Waals surface area contributed by atoms with Crippen LogP contribution in [0.1, 0.15) is 18.1 Å². The molecular formula is C16H13N5O. The van der Waals surface area contributed by atoms with Crippen molar-refractivity contribution in [1.29, 1.82) is 5.26 Å². The van der Waals surface area contributed by atoms with Gasteiger partial charge in [0.05, 0.1) is 11.7 Å². The topological polar surface area (TPSA) is 83.6 Å². The highest BCUT2D eigenvalue weighted by atomic mass is 16.1. The number of rotatable bonds is 2. The fraction of sp³-hybridized carbons (Fsp3) is 0.125. The fourth-order valence-electron chi connectivity index (χ4n) is 2.33. The summed E-state index contributed by atoms with van der Waals surface area (Å²) in [6.45, 7) is 3.37. The van der Waals surface area contributed by atoms with E-state index in [0.29, 0.717) is 17.2 Å². The van der Waals surface area contributed by atoms with Crippen LogP contribution in [0.4, 0.5) is 5.82 Å². The molecule has 108 valence electrons. The lowest BCUT2D eigenvalue weighted by atomic mass is 10.1. The van der Waals surface area contributed by atoms with Gasteiger partial charge in [-0.2, -0.15) is 15.0 Å². The Hall–Kier alpha value is -3.20. The minimum Gasteiger partial charge on any atom is -0.310 e. The Kier molecular flexibility index (Phi) is 3.31. The van der Waals surface area contributed by atoms with Crippen molar-refractivity contribution in [3.05, 3.63) is 47.7 Å². The summed E-state index contributed by atoms with van der Waals surface area (Å²) < 4.78 is 1.47. The molecule has 0 radical (unpaired) electrons. The standard InChI is InChI=1S/C16H13N5O/c1-10-7-15(20-14-6-4-3-5-13(10)14)21-16(19-11(2)22)12(8-17)9-18-21/h3-7,9H,1-2H3,(H,19,22). The zero-order valence-electron chi connectivity index (χ0n) is 12.2. The van der Waals surface area contributed by atoms with E-state index in [1.807, 2.05) is 43.3 Å². The summed E-state index contributed by atoms with van der Waals surface area (Å²) in [5.74, 6) is 0.620. The van der Waals surface area contributed by atoms with E-state index < -0.39 is 0 Å². The molecule has 0 aliphatic heterocycles. The van der Waals surface area contributed by atoms with Gasteiger partial charge in [0.25, 0.3) is 0 Å². The van der Waals surface area contributed by atoms with Gasteiger partial charge in [0, 0.05) is 12.3 Å². The maximum Gasteiger partial charge on any atom is 0.222 e. The van der Waals surface area contributed by atoms with Crippen molar-refractivity contribution in [3.8, 4) is 11.9 Å². The number of nitrogens with zero attached hydrogens (tertiary/aromatic N) is 4. The van der Waals surface area contributed by atoms with E-state index in [9.17, 15) is 4.79 Å². The summed E-state index contributed by atoms with van der Waals surface area (Å²) in [7, 11) is 0. The summed E-state index contributed by atoms with van der Waals surface area (Å²) in [5, 5.41) is 17.0. The molecule has 6 heteroatoms. The van der Waals surface area contributed by atoms with Gasteiger partial charge in [-0.25, -0.2) is 4.98 Å². The van der Waals surface area contributed by atoms with Gasteiger partial charge in [0.15, 0.2) is 11.6 Å². The lowest BCUT2D eigenvalue weighted by Gasteiger charge is -2.10. The Labute approximate surface area is 127 Å². The van der Waals surface area contributed by atoms with Gasteiger partial charge in [0.1, 0.15) is 11.6 Å². The normalized spacial score (nSPS) is 10.4. The van der Waals surface area contributed by atoms with Gasteiger partial charge in [-0.3, -0.25) is 4.79 Å². The number of hydrogen-bond donors (Lipinski definition) is 1. The highest BCUT2D eigenvalue weighted by Crippen LogP contribution is 2.23. The second-order valence-electron chi connectivity index (χ2n) is 4.93. The number of amides is 1. The maximum absolute atomic E-state index is 11.4. The van der Waals surface area contributed by atoms with Crippen molar-refractivity contribution in [3.63, 3.8) is 0 Å². The van der Waals surface area contributed by atoms with Gasteiger partial charge in [-0.15, -0.1) is 0 Å². The predicted octanol–water partition coefficient (Wildman–Crippen LogP) is 2.56. The second-order valence-corrected chi connectivity index (χ2v) is 4.93. The highest BCUT2D eigenvalue weighted by Gasteiger charge is 2.15. The van der Waals surface area contributed by atoms with Crippen LogP contribution >= 0.6 is 0 Å². The quantitative estimate of drug-likeness (QED) is 0.786. The molecule has 0 fully saturated rings. The highest BCUT2D eigenvalue weighted by molar-refractivity contribution is 5.89. The molecule has 22 heavy (non-hydrogen) atoms. The average Bonchev–Trinajstić information content (AvgIpc) is 2.89. The van der Waals surface area contributed by atoms with E-state index in [4.69, 9.17) is 5.26 Å². The Balaban J connectivity index is 2.22. The Morgan fingerprint density at radius 3 is 2.86 bits per heavy atom. The zero-order valence-corrected chi connectivity index (χ0v) is 12.2. The lowest BCUT2D eigenvalue weighted by Crippen LogP contribution is -2.13. The van der Waals surface area contributed by atoms with Crippen LogP contribution in [-0.2, 0) is 4.79 Å². The van der Waals surface area contributed by atoms with Gasteiger partial charge >= 0.3 is 0 Å². The molecule has 3 aromatic rings. The number of para-hydroxylation sites is 1. The van der Waals surface area contributed by atoms with E-state index in [0.717, 1.165) is 16.5 Å². The molecular weight excluding hydrogens is 278 g/mol. The van der Waals surface area contributed by atoms with Crippen LogP contribution in [0.3, 0.4) is 0 Å². The molecule has 0 aliphatic rings. The van der Waals surface area contributed by atoms with E-state index in [2.05, 4.69) is 15.4 Å². The Morgan fingerprint density at radius 2 is 2.14 bits per heavy atom. The van der Waals surface area contributed by atoms with Crippen LogP contribution < -0.4 is 5.32 Å². The van der Waals surface area contributed by atoms with Crippen LogP contribution in [-0.4, -0.2) is 20.7 Å². The number of nitriles is 1. The number of aryl methyl sites for hydroxylation is 1. The van der Waals surface area contributed by atoms with Gasteiger partial charge in [-0.1, -0.05) is 18.2 Å².